The summed E-state index contributed by atoms with van der Waals surface area (Å²) in [7, 11) is -4.37. The molecule has 6 aromatic rings. The molecule has 18 heteroatoms. The summed E-state index contributed by atoms with van der Waals surface area (Å²) < 4.78 is 86.6. The second kappa shape index (κ2) is 23.0. The Bertz CT molecular complexity index is 2810. The van der Waals surface area contributed by atoms with Crippen LogP contribution in [-0.4, -0.2) is 53.1 Å². The Morgan fingerprint density at radius 3 is 1.64 bits per heavy atom. The highest BCUT2D eigenvalue weighted by Gasteiger charge is 2.22. The number of halogens is 2. The number of pyridine rings is 2. The number of aliphatic imine (C=N–C) groups is 1. The SMILES string of the molecule is COc1cc(-c2cc(F)cc(C(C)C)c2N=C=O)ccn1.COc1cc(-c2cc(F)cc(C(C)C)c2NC(=O)NS(=O)(=O)Cc2ccccc2)ccn1.NS(=O)(=O)Cc1ccccc1. The number of methoxy groups -OCH3 is 2. The smallest absolute Gasteiger partial charge is 0.332 e. The standard InChI is InChI=1S/C23H24FN3O4S.C16H15FN2O2.C7H9NO2S/c1-15(2)19-12-18(24)13-20(17-9-10-25-21(11-17)31-3)22(19)26-23(28)27-32(29,30)14-16-7-5-4-6-8-16;1-10(2)13-7-12(17)8-14(16(13)19-9-20)11-4-5-18-15(6-11)21-3;8-11(9,10)6-7-4-2-1-3-5-7/h4-13,15H,14H2,1-3H3,(H2,26,27,28);4-8,10H,1-3H3;1-5H,6H2,(H2,8,9,10). The molecule has 4 N–H and O–H groups in total. The number of nitrogens with two attached hydrogens (primary N) is 1. The molecule has 336 valence electrons. The van der Waals surface area contributed by atoms with E-state index in [2.05, 4.69) is 20.3 Å². The fourth-order valence-electron chi connectivity index (χ4n) is 6.20. The number of hydrogen-bond acceptors (Lipinski definition) is 11. The van der Waals surface area contributed by atoms with Crippen molar-refractivity contribution in [2.75, 3.05) is 19.5 Å². The van der Waals surface area contributed by atoms with E-state index >= 15 is 0 Å². The number of benzene rings is 4. The van der Waals surface area contributed by atoms with Gasteiger partial charge < -0.3 is 14.8 Å². The molecule has 0 fully saturated rings. The van der Waals surface area contributed by atoms with Gasteiger partial charge in [-0.3, -0.25) is 0 Å². The van der Waals surface area contributed by atoms with Crippen molar-refractivity contribution in [3.8, 4) is 34.0 Å². The molecule has 0 spiro atoms. The highest BCUT2D eigenvalue weighted by Crippen LogP contribution is 2.39. The monoisotopic (exact) mass is 914 g/mol. The molecule has 0 aliphatic heterocycles. The average molecular weight is 915 g/mol. The molecule has 6 rings (SSSR count). The van der Waals surface area contributed by atoms with Crippen molar-refractivity contribution < 1.29 is 44.7 Å². The number of aromatic nitrogens is 2. The third-order valence-electron chi connectivity index (χ3n) is 9.05. The number of sulfonamides is 2. The third-order valence-corrected chi connectivity index (χ3v) is 11.0. The Morgan fingerprint density at radius 1 is 0.703 bits per heavy atom. The van der Waals surface area contributed by atoms with Crippen molar-refractivity contribution in [3.63, 3.8) is 0 Å². The summed E-state index contributed by atoms with van der Waals surface area (Å²) in [5.41, 5.74) is 5.30. The highest BCUT2D eigenvalue weighted by molar-refractivity contribution is 7.89. The maximum atomic E-state index is 14.4. The van der Waals surface area contributed by atoms with Crippen LogP contribution in [0.4, 0.5) is 25.0 Å². The second-order valence-electron chi connectivity index (χ2n) is 14.6. The van der Waals surface area contributed by atoms with Gasteiger partial charge in [0.05, 0.1) is 37.1 Å². The molecule has 14 nitrogen and oxygen atoms in total. The largest absolute Gasteiger partial charge is 0.481 e. The van der Waals surface area contributed by atoms with Gasteiger partial charge in [0, 0.05) is 35.7 Å². The molecule has 0 saturated carbocycles. The number of nitrogens with one attached hydrogen (secondary N) is 2. The minimum atomic E-state index is -3.95. The van der Waals surface area contributed by atoms with Crippen LogP contribution in [0.1, 0.15) is 61.8 Å². The number of carbonyl (C=O) groups is 1. The summed E-state index contributed by atoms with van der Waals surface area (Å²) >= 11 is 0. The van der Waals surface area contributed by atoms with Crippen LogP contribution in [0, 0.1) is 11.6 Å². The first-order chi connectivity index (χ1) is 30.3. The summed E-state index contributed by atoms with van der Waals surface area (Å²) in [5, 5.41) is 7.45. The Labute approximate surface area is 371 Å². The van der Waals surface area contributed by atoms with Gasteiger partial charge >= 0.3 is 6.03 Å². The van der Waals surface area contributed by atoms with E-state index in [1.807, 2.05) is 38.5 Å². The van der Waals surface area contributed by atoms with Gasteiger partial charge in [-0.25, -0.2) is 55.0 Å². The first kappa shape index (κ1) is 49.8. The Balaban J connectivity index is 0.000000239. The highest BCUT2D eigenvalue weighted by atomic mass is 32.2. The van der Waals surface area contributed by atoms with Gasteiger partial charge in [0.25, 0.3) is 0 Å². The summed E-state index contributed by atoms with van der Waals surface area (Å²) in [6.45, 7) is 7.52. The van der Waals surface area contributed by atoms with Crippen LogP contribution in [0.3, 0.4) is 0 Å². The molecule has 2 amide bonds. The molecule has 64 heavy (non-hydrogen) atoms. The maximum Gasteiger partial charge on any atom is 0.332 e. The van der Waals surface area contributed by atoms with E-state index in [9.17, 15) is 35.2 Å². The summed E-state index contributed by atoms with van der Waals surface area (Å²) in [5.74, 6) is -0.706. The minimum Gasteiger partial charge on any atom is -0.481 e. The van der Waals surface area contributed by atoms with E-state index in [-0.39, 0.29) is 29.2 Å². The van der Waals surface area contributed by atoms with Crippen LogP contribution in [0.25, 0.3) is 22.3 Å². The number of anilines is 1. The first-order valence-electron chi connectivity index (χ1n) is 19.5. The predicted octanol–water partition coefficient (Wildman–Crippen LogP) is 9.13. The van der Waals surface area contributed by atoms with Gasteiger partial charge in [0.1, 0.15) is 11.6 Å². The van der Waals surface area contributed by atoms with Crippen molar-refractivity contribution in [3.05, 3.63) is 155 Å². The van der Waals surface area contributed by atoms with Crippen LogP contribution >= 0.6 is 0 Å². The average Bonchev–Trinajstić information content (AvgIpc) is 3.24. The molecule has 0 saturated heterocycles. The molecule has 2 aromatic heterocycles. The maximum absolute atomic E-state index is 14.4. The molecule has 4 aromatic carbocycles. The van der Waals surface area contributed by atoms with E-state index < -0.39 is 31.9 Å². The fraction of sp³-hybridized carbons (Fsp3) is 0.217. The zero-order valence-electron chi connectivity index (χ0n) is 35.9. The van der Waals surface area contributed by atoms with Crippen LogP contribution in [0.15, 0.2) is 127 Å². The quantitative estimate of drug-likeness (QED) is 0.0739. The minimum absolute atomic E-state index is 0.0234. The molecule has 2 heterocycles. The molecular weight excluding hydrogens is 867 g/mol. The Morgan fingerprint density at radius 2 is 1.17 bits per heavy atom. The lowest BCUT2D eigenvalue weighted by atomic mass is 9.94. The fourth-order valence-corrected chi connectivity index (χ4v) is 7.89. The number of primary sulfonamides is 1. The van der Waals surface area contributed by atoms with Gasteiger partial charge in [-0.2, -0.15) is 4.99 Å². The number of isocyanates is 1. The zero-order chi connectivity index (χ0) is 47.0. The van der Waals surface area contributed by atoms with Crippen LogP contribution in [0.2, 0.25) is 0 Å². The number of hydrogen-bond donors (Lipinski definition) is 3. The van der Waals surface area contributed by atoms with Crippen molar-refractivity contribution in [1.29, 1.82) is 0 Å². The number of nitrogens with zero attached hydrogens (tertiary/aromatic N) is 3. The lowest BCUT2D eigenvalue weighted by Gasteiger charge is -2.19. The topological polar surface area (TPSA) is 209 Å². The summed E-state index contributed by atoms with van der Waals surface area (Å²) in [6.07, 6.45) is 4.60. The van der Waals surface area contributed by atoms with Gasteiger partial charge in [0.2, 0.25) is 37.9 Å². The normalized spacial score (nSPS) is 11.0. The molecule has 0 bridgehead atoms. The summed E-state index contributed by atoms with van der Waals surface area (Å²) in [4.78, 5) is 35.2. The number of carbonyl (C=O) groups excluding carboxylic acids is 2. The number of amides is 2. The van der Waals surface area contributed by atoms with Crippen LogP contribution < -0.4 is 24.7 Å². The first-order valence-corrected chi connectivity index (χ1v) is 22.8. The lowest BCUT2D eigenvalue weighted by molar-refractivity contribution is 0.256. The van der Waals surface area contributed by atoms with Gasteiger partial charge in [0.15, 0.2) is 0 Å². The van der Waals surface area contributed by atoms with Crippen molar-refractivity contribution >= 4 is 43.5 Å². The predicted molar refractivity (Wildman–Crippen MR) is 243 cm³/mol. The van der Waals surface area contributed by atoms with Crippen LogP contribution in [-0.2, 0) is 36.3 Å². The van der Waals surface area contributed by atoms with Gasteiger partial charge in [-0.15, -0.1) is 0 Å². The lowest BCUT2D eigenvalue weighted by Crippen LogP contribution is -2.35. The summed E-state index contributed by atoms with van der Waals surface area (Å²) in [6, 6.07) is 28.4. The molecule has 0 atom stereocenters. The van der Waals surface area contributed by atoms with E-state index in [0.29, 0.717) is 62.1 Å². The molecule has 0 aliphatic rings. The molecule has 0 unspecified atom stereocenters. The van der Waals surface area contributed by atoms with Gasteiger partial charge in [-0.05, 0) is 81.6 Å². The van der Waals surface area contributed by atoms with E-state index in [0.717, 1.165) is 5.56 Å². The molecule has 0 radical (unpaired) electrons. The second-order valence-corrected chi connectivity index (χ2v) is 17.9. The van der Waals surface area contributed by atoms with Crippen molar-refractivity contribution in [1.82, 2.24) is 14.7 Å². The van der Waals surface area contributed by atoms with Crippen molar-refractivity contribution in [2.24, 2.45) is 10.1 Å². The number of rotatable bonds is 13. The third kappa shape index (κ3) is 15.2. The van der Waals surface area contributed by atoms with E-state index in [1.165, 1.54) is 44.7 Å². The zero-order valence-corrected chi connectivity index (χ0v) is 37.5. The van der Waals surface area contributed by atoms with Gasteiger partial charge in [-0.1, -0.05) is 88.4 Å². The van der Waals surface area contributed by atoms with E-state index in [1.54, 1.807) is 91.1 Å². The molecule has 0 aliphatic carbocycles. The Hall–Kier alpha value is -6.85. The molecular formula is C46H48F2N6O8S2. The number of ether oxygens (including phenoxy) is 2. The van der Waals surface area contributed by atoms with Crippen molar-refractivity contribution in [2.45, 2.75) is 51.0 Å². The number of urea groups is 1. The van der Waals surface area contributed by atoms with Crippen LogP contribution in [0.5, 0.6) is 11.8 Å². The van der Waals surface area contributed by atoms with E-state index in [4.69, 9.17) is 14.6 Å². The Kier molecular flexibility index (Phi) is 17.9.